The molecule has 0 saturated carbocycles. The number of fused-ring (bicyclic) bond motifs is 2. The number of halogens is 1. The number of carbonyl (C=O) groups is 1. The van der Waals surface area contributed by atoms with E-state index >= 15 is 0 Å². The maximum Gasteiger partial charge on any atom is 0.252 e. The molecule has 4 aromatic rings. The van der Waals surface area contributed by atoms with Crippen molar-refractivity contribution in [2.24, 2.45) is 4.99 Å². The normalized spacial score (nSPS) is 12.0. The Balaban J connectivity index is 1.77. The minimum Gasteiger partial charge on any atom is -0.310 e. The summed E-state index contributed by atoms with van der Waals surface area (Å²) >= 11 is 1.31. The van der Waals surface area contributed by atoms with Crippen molar-refractivity contribution in [3.63, 3.8) is 0 Å². The number of thiazole rings is 1. The van der Waals surface area contributed by atoms with E-state index in [9.17, 15) is 9.18 Å². The highest BCUT2D eigenvalue weighted by Crippen LogP contribution is 2.21. The number of amides is 1. The summed E-state index contributed by atoms with van der Waals surface area (Å²) in [5, 5.41) is 2.14. The third-order valence-electron chi connectivity index (χ3n) is 4.41. The molecule has 3 nitrogen and oxygen atoms in total. The van der Waals surface area contributed by atoms with E-state index in [4.69, 9.17) is 0 Å². The Kier molecular flexibility index (Phi) is 4.69. The summed E-state index contributed by atoms with van der Waals surface area (Å²) in [6.07, 6.45) is 1.87. The number of para-hydroxylation sites is 1. The maximum absolute atomic E-state index is 14.3. The van der Waals surface area contributed by atoms with Gasteiger partial charge in [0.1, 0.15) is 5.82 Å². The first kappa shape index (κ1) is 17.4. The van der Waals surface area contributed by atoms with Crippen LogP contribution in [-0.4, -0.2) is 10.5 Å². The molecule has 1 amide bonds. The molecule has 3 aromatic carbocycles. The largest absolute Gasteiger partial charge is 0.310 e. The number of rotatable bonds is 4. The first-order valence-corrected chi connectivity index (χ1v) is 9.42. The second-order valence-corrected chi connectivity index (χ2v) is 7.20. The summed E-state index contributed by atoms with van der Waals surface area (Å²) in [5.74, 6) is -0.579. The Bertz CT molecular complexity index is 1230. The fourth-order valence-corrected chi connectivity index (χ4v) is 4.30. The molecule has 0 spiro atoms. The van der Waals surface area contributed by atoms with Gasteiger partial charge in [0.25, 0.3) is 5.91 Å². The van der Waals surface area contributed by atoms with Gasteiger partial charge in [-0.05, 0) is 28.5 Å². The number of benzene rings is 3. The van der Waals surface area contributed by atoms with Gasteiger partial charge in [-0.2, -0.15) is 4.99 Å². The highest BCUT2D eigenvalue weighted by molar-refractivity contribution is 7.16. The molecule has 0 saturated heterocycles. The number of aromatic nitrogens is 1. The molecule has 0 radical (unpaired) electrons. The zero-order valence-electron chi connectivity index (χ0n) is 14.6. The quantitative estimate of drug-likeness (QED) is 0.469. The van der Waals surface area contributed by atoms with E-state index < -0.39 is 0 Å². The highest BCUT2D eigenvalue weighted by Gasteiger charge is 2.12. The van der Waals surface area contributed by atoms with Crippen molar-refractivity contribution in [2.75, 3.05) is 0 Å². The third-order valence-corrected chi connectivity index (χ3v) is 5.45. The van der Waals surface area contributed by atoms with Crippen molar-refractivity contribution >= 4 is 38.2 Å². The second-order valence-electron chi connectivity index (χ2n) is 6.19. The zero-order valence-corrected chi connectivity index (χ0v) is 15.4. The van der Waals surface area contributed by atoms with E-state index in [0.29, 0.717) is 16.9 Å². The van der Waals surface area contributed by atoms with Gasteiger partial charge >= 0.3 is 0 Å². The molecule has 1 heterocycles. The van der Waals surface area contributed by atoms with E-state index in [1.54, 1.807) is 16.7 Å². The first-order valence-electron chi connectivity index (χ1n) is 8.60. The van der Waals surface area contributed by atoms with Crippen molar-refractivity contribution < 1.29 is 9.18 Å². The Labute approximate surface area is 159 Å². The van der Waals surface area contributed by atoms with Gasteiger partial charge in [0.15, 0.2) is 4.80 Å². The Morgan fingerprint density at radius 1 is 1.11 bits per heavy atom. The third kappa shape index (κ3) is 3.34. The molecule has 0 aliphatic rings. The van der Waals surface area contributed by atoms with Gasteiger partial charge in [0.2, 0.25) is 0 Å². The van der Waals surface area contributed by atoms with Crippen LogP contribution in [0.2, 0.25) is 0 Å². The van der Waals surface area contributed by atoms with Gasteiger partial charge in [-0.15, -0.1) is 6.58 Å². The lowest BCUT2D eigenvalue weighted by atomic mass is 10.0. The van der Waals surface area contributed by atoms with Crippen molar-refractivity contribution in [3.8, 4) is 0 Å². The Morgan fingerprint density at radius 3 is 2.74 bits per heavy atom. The van der Waals surface area contributed by atoms with Crippen LogP contribution in [-0.2, 0) is 17.8 Å². The lowest BCUT2D eigenvalue weighted by molar-refractivity contribution is -0.117. The average Bonchev–Trinajstić information content (AvgIpc) is 3.01. The molecular formula is C22H17FN2OS. The van der Waals surface area contributed by atoms with Crippen LogP contribution in [0.25, 0.3) is 21.0 Å². The van der Waals surface area contributed by atoms with Gasteiger partial charge in [0, 0.05) is 6.54 Å². The molecular weight excluding hydrogens is 359 g/mol. The molecule has 0 aliphatic carbocycles. The summed E-state index contributed by atoms with van der Waals surface area (Å²) in [6.45, 7) is 4.12. The fourth-order valence-electron chi connectivity index (χ4n) is 3.23. The van der Waals surface area contributed by atoms with Gasteiger partial charge in [0.05, 0.1) is 16.6 Å². The van der Waals surface area contributed by atoms with Crippen molar-refractivity contribution in [1.29, 1.82) is 0 Å². The van der Waals surface area contributed by atoms with E-state index in [1.165, 1.54) is 17.4 Å². The summed E-state index contributed by atoms with van der Waals surface area (Å²) < 4.78 is 16.7. The van der Waals surface area contributed by atoms with Gasteiger partial charge in [-0.25, -0.2) is 4.39 Å². The molecule has 4 rings (SSSR count). The summed E-state index contributed by atoms with van der Waals surface area (Å²) in [6, 6.07) is 18.8. The van der Waals surface area contributed by atoms with E-state index in [0.717, 1.165) is 21.0 Å². The Morgan fingerprint density at radius 2 is 1.89 bits per heavy atom. The van der Waals surface area contributed by atoms with Crippen LogP contribution in [0, 0.1) is 5.82 Å². The summed E-state index contributed by atoms with van der Waals surface area (Å²) in [5.41, 5.74) is 1.39. The summed E-state index contributed by atoms with van der Waals surface area (Å²) in [7, 11) is 0. The molecule has 27 heavy (non-hydrogen) atoms. The molecule has 1 aromatic heterocycles. The molecule has 0 bridgehead atoms. The minimum absolute atomic E-state index is 0.201. The number of hydrogen-bond acceptors (Lipinski definition) is 2. The van der Waals surface area contributed by atoms with Crippen LogP contribution >= 0.6 is 11.3 Å². The van der Waals surface area contributed by atoms with Crippen molar-refractivity contribution in [1.82, 2.24) is 4.57 Å². The van der Waals surface area contributed by atoms with Crippen LogP contribution < -0.4 is 4.80 Å². The maximum atomic E-state index is 14.3. The molecule has 0 atom stereocenters. The van der Waals surface area contributed by atoms with Crippen molar-refractivity contribution in [3.05, 3.63) is 89.5 Å². The lowest BCUT2D eigenvalue weighted by Crippen LogP contribution is -2.17. The number of allylic oxidation sites excluding steroid dienone is 1. The lowest BCUT2D eigenvalue weighted by Gasteiger charge is -2.04. The minimum atomic E-state index is -0.325. The number of hydrogen-bond donors (Lipinski definition) is 0. The van der Waals surface area contributed by atoms with E-state index in [-0.39, 0.29) is 18.1 Å². The van der Waals surface area contributed by atoms with Crippen LogP contribution in [0.1, 0.15) is 5.56 Å². The molecule has 0 fully saturated rings. The second kappa shape index (κ2) is 7.29. The Hall–Kier alpha value is -3.05. The monoisotopic (exact) mass is 376 g/mol. The van der Waals surface area contributed by atoms with Gasteiger partial charge in [-0.3, -0.25) is 4.79 Å². The van der Waals surface area contributed by atoms with Crippen LogP contribution in [0.4, 0.5) is 4.39 Å². The predicted octanol–water partition coefficient (Wildman–Crippen LogP) is 4.85. The molecule has 0 aliphatic heterocycles. The average molecular weight is 376 g/mol. The van der Waals surface area contributed by atoms with E-state index in [1.807, 2.05) is 48.5 Å². The van der Waals surface area contributed by atoms with Crippen molar-refractivity contribution in [2.45, 2.75) is 13.0 Å². The smallest absolute Gasteiger partial charge is 0.252 e. The topological polar surface area (TPSA) is 34.4 Å². The molecule has 134 valence electrons. The molecule has 0 unspecified atom stereocenters. The van der Waals surface area contributed by atoms with Crippen LogP contribution in [0.5, 0.6) is 0 Å². The van der Waals surface area contributed by atoms with Crippen LogP contribution in [0.15, 0.2) is 78.3 Å². The fraction of sp³-hybridized carbons (Fsp3) is 0.0909. The summed E-state index contributed by atoms with van der Waals surface area (Å²) in [4.78, 5) is 17.4. The predicted molar refractivity (Wildman–Crippen MR) is 108 cm³/mol. The molecule has 5 heteroatoms. The van der Waals surface area contributed by atoms with Gasteiger partial charge < -0.3 is 4.57 Å². The zero-order chi connectivity index (χ0) is 18.8. The first-order chi connectivity index (χ1) is 13.2. The number of nitrogens with zero attached hydrogens (tertiary/aromatic N) is 2. The van der Waals surface area contributed by atoms with Gasteiger partial charge in [-0.1, -0.05) is 65.9 Å². The van der Waals surface area contributed by atoms with Crippen LogP contribution in [0.3, 0.4) is 0 Å². The standard InChI is InChI=1S/C22H17FN2OS/c1-2-13-25-21-18(23)11-6-12-19(21)27-22(25)24-20(26)14-16-9-5-8-15-7-3-4-10-17(15)16/h2-12H,1,13-14H2. The number of carbonyl (C=O) groups excluding carboxylic acids is 1. The highest BCUT2D eigenvalue weighted by atomic mass is 32.1. The van der Waals surface area contributed by atoms with E-state index in [2.05, 4.69) is 11.6 Å². The SMILES string of the molecule is C=CCn1c(=NC(=O)Cc2cccc3ccccc23)sc2cccc(F)c21. The molecule has 0 N–H and O–H groups in total.